The number of nitrogens with zero attached hydrogens (tertiary/aromatic N) is 1. The van der Waals surface area contributed by atoms with Crippen LogP contribution in [0.25, 0.3) is 0 Å². The lowest BCUT2D eigenvalue weighted by Crippen LogP contribution is -2.24. The fourth-order valence-corrected chi connectivity index (χ4v) is 2.12. The van der Waals surface area contributed by atoms with Crippen LogP contribution >= 0.6 is 0 Å². The number of hydrogen-bond donors (Lipinski definition) is 1. The Morgan fingerprint density at radius 1 is 1.47 bits per heavy atom. The molecule has 1 atom stereocenters. The molecule has 0 fully saturated rings. The minimum absolute atomic E-state index is 0.136. The van der Waals surface area contributed by atoms with E-state index in [-0.39, 0.29) is 11.9 Å². The van der Waals surface area contributed by atoms with Gasteiger partial charge in [0.05, 0.1) is 0 Å². The molecule has 19 heavy (non-hydrogen) atoms. The highest BCUT2D eigenvalue weighted by Gasteiger charge is 2.15. The van der Waals surface area contributed by atoms with Crippen LogP contribution in [0, 0.1) is 12.7 Å². The molecule has 0 heterocycles. The van der Waals surface area contributed by atoms with Crippen LogP contribution in [0.3, 0.4) is 0 Å². The molecule has 0 aliphatic rings. The van der Waals surface area contributed by atoms with Crippen molar-refractivity contribution in [1.29, 1.82) is 0 Å². The van der Waals surface area contributed by atoms with Crippen molar-refractivity contribution >= 4 is 5.69 Å². The molecule has 0 aliphatic heterocycles. The van der Waals surface area contributed by atoms with Crippen molar-refractivity contribution in [3.05, 3.63) is 41.7 Å². The Kier molecular flexibility index (Phi) is 6.03. The van der Waals surface area contributed by atoms with Crippen LogP contribution in [0.4, 0.5) is 10.1 Å². The number of rotatable bonds is 7. The molecule has 0 radical (unpaired) electrons. The molecule has 0 bridgehead atoms. The molecule has 1 aromatic carbocycles. The fourth-order valence-electron chi connectivity index (χ4n) is 2.12. The number of benzene rings is 1. The lowest BCUT2D eigenvalue weighted by molar-refractivity contribution is 0.560. The first-order valence-corrected chi connectivity index (χ1v) is 6.86. The molecular weight excluding hydrogens is 239 g/mol. The standard InChI is InChI=1S/C16H25FN2/c1-6-8-18-13(4)14-11-15(17)12(3)10-16(14)19(5)9-7-2/h7,10-11,13,18H,2,6,8-9H2,1,3-5H3. The second-order valence-electron chi connectivity index (χ2n) is 5.01. The fraction of sp³-hybridized carbons (Fsp3) is 0.500. The normalized spacial score (nSPS) is 12.3. The molecule has 0 amide bonds. The third-order valence-corrected chi connectivity index (χ3v) is 3.29. The van der Waals surface area contributed by atoms with Gasteiger partial charge in [-0.3, -0.25) is 0 Å². The largest absolute Gasteiger partial charge is 0.371 e. The molecule has 0 saturated heterocycles. The molecule has 0 saturated carbocycles. The summed E-state index contributed by atoms with van der Waals surface area (Å²) in [5.41, 5.74) is 2.74. The molecule has 0 aromatic heterocycles. The zero-order valence-electron chi connectivity index (χ0n) is 12.5. The highest BCUT2D eigenvalue weighted by Crippen LogP contribution is 2.28. The number of likely N-dealkylation sites (N-methyl/N-ethyl adjacent to an activating group) is 1. The molecule has 0 aliphatic carbocycles. The third kappa shape index (κ3) is 4.06. The minimum atomic E-state index is -0.143. The Morgan fingerprint density at radius 3 is 2.74 bits per heavy atom. The van der Waals surface area contributed by atoms with E-state index in [0.717, 1.165) is 30.8 Å². The Labute approximate surface area is 116 Å². The van der Waals surface area contributed by atoms with E-state index in [0.29, 0.717) is 5.56 Å². The summed E-state index contributed by atoms with van der Waals surface area (Å²) in [7, 11) is 2.00. The monoisotopic (exact) mass is 264 g/mol. The highest BCUT2D eigenvalue weighted by atomic mass is 19.1. The van der Waals surface area contributed by atoms with Crippen molar-refractivity contribution < 1.29 is 4.39 Å². The van der Waals surface area contributed by atoms with Crippen LogP contribution in [0.5, 0.6) is 0 Å². The predicted molar refractivity (Wildman–Crippen MR) is 81.3 cm³/mol. The minimum Gasteiger partial charge on any atom is -0.371 e. The van der Waals surface area contributed by atoms with Gasteiger partial charge in [-0.05, 0) is 50.1 Å². The molecule has 1 aromatic rings. The summed E-state index contributed by atoms with van der Waals surface area (Å²) in [6.07, 6.45) is 2.92. The van der Waals surface area contributed by atoms with Gasteiger partial charge in [-0.1, -0.05) is 13.0 Å². The van der Waals surface area contributed by atoms with E-state index in [1.54, 1.807) is 13.0 Å². The van der Waals surface area contributed by atoms with E-state index in [1.807, 2.05) is 19.2 Å². The summed E-state index contributed by atoms with van der Waals surface area (Å²) in [6, 6.07) is 3.70. The van der Waals surface area contributed by atoms with Gasteiger partial charge in [-0.25, -0.2) is 4.39 Å². The van der Waals surface area contributed by atoms with Crippen LogP contribution in [0.2, 0.25) is 0 Å². The predicted octanol–water partition coefficient (Wildman–Crippen LogP) is 3.82. The molecule has 1 rings (SSSR count). The van der Waals surface area contributed by atoms with E-state index >= 15 is 0 Å². The van der Waals surface area contributed by atoms with Crippen molar-refractivity contribution in [2.45, 2.75) is 33.2 Å². The van der Waals surface area contributed by atoms with Crippen molar-refractivity contribution in [2.24, 2.45) is 0 Å². The van der Waals surface area contributed by atoms with Crippen LogP contribution in [-0.2, 0) is 0 Å². The van der Waals surface area contributed by atoms with Gasteiger partial charge in [0.1, 0.15) is 5.82 Å². The summed E-state index contributed by atoms with van der Waals surface area (Å²) in [6.45, 7) is 11.4. The van der Waals surface area contributed by atoms with Gasteiger partial charge in [-0.15, -0.1) is 6.58 Å². The summed E-state index contributed by atoms with van der Waals surface area (Å²) in [5.74, 6) is -0.143. The molecule has 106 valence electrons. The van der Waals surface area contributed by atoms with Gasteiger partial charge in [0.2, 0.25) is 0 Å². The van der Waals surface area contributed by atoms with Gasteiger partial charge in [0, 0.05) is 25.3 Å². The number of hydrogen-bond acceptors (Lipinski definition) is 2. The lowest BCUT2D eigenvalue weighted by atomic mass is 10.0. The topological polar surface area (TPSA) is 15.3 Å². The average molecular weight is 264 g/mol. The van der Waals surface area contributed by atoms with Crippen LogP contribution < -0.4 is 10.2 Å². The van der Waals surface area contributed by atoms with Crippen LogP contribution in [0.1, 0.15) is 37.4 Å². The van der Waals surface area contributed by atoms with Gasteiger partial charge in [-0.2, -0.15) is 0 Å². The van der Waals surface area contributed by atoms with Gasteiger partial charge in [0.25, 0.3) is 0 Å². The number of nitrogens with one attached hydrogen (secondary N) is 1. The quantitative estimate of drug-likeness (QED) is 0.753. The maximum absolute atomic E-state index is 13.8. The molecule has 3 heteroatoms. The van der Waals surface area contributed by atoms with Crippen LogP contribution in [0.15, 0.2) is 24.8 Å². The molecule has 0 spiro atoms. The lowest BCUT2D eigenvalue weighted by Gasteiger charge is -2.25. The third-order valence-electron chi connectivity index (χ3n) is 3.29. The molecule has 1 unspecified atom stereocenters. The van der Waals surface area contributed by atoms with E-state index in [4.69, 9.17) is 0 Å². The Hall–Kier alpha value is -1.35. The van der Waals surface area contributed by atoms with Crippen molar-refractivity contribution in [2.75, 3.05) is 25.0 Å². The second kappa shape index (κ2) is 7.29. The number of anilines is 1. The number of aryl methyl sites for hydroxylation is 1. The highest BCUT2D eigenvalue weighted by molar-refractivity contribution is 5.57. The van der Waals surface area contributed by atoms with E-state index in [9.17, 15) is 4.39 Å². The maximum Gasteiger partial charge on any atom is 0.126 e. The van der Waals surface area contributed by atoms with Gasteiger partial charge < -0.3 is 10.2 Å². The van der Waals surface area contributed by atoms with E-state index in [2.05, 4.69) is 30.6 Å². The number of halogens is 1. The average Bonchev–Trinajstić information content (AvgIpc) is 2.38. The van der Waals surface area contributed by atoms with E-state index < -0.39 is 0 Å². The van der Waals surface area contributed by atoms with Gasteiger partial charge in [0.15, 0.2) is 0 Å². The second-order valence-corrected chi connectivity index (χ2v) is 5.01. The van der Waals surface area contributed by atoms with Crippen molar-refractivity contribution in [3.63, 3.8) is 0 Å². The molecule has 2 nitrogen and oxygen atoms in total. The maximum atomic E-state index is 13.8. The van der Waals surface area contributed by atoms with Crippen LogP contribution in [-0.4, -0.2) is 20.1 Å². The first-order chi connectivity index (χ1) is 9.01. The Bertz CT molecular complexity index is 429. The zero-order chi connectivity index (χ0) is 14.4. The van der Waals surface area contributed by atoms with Gasteiger partial charge >= 0.3 is 0 Å². The molecular formula is C16H25FN2. The van der Waals surface area contributed by atoms with Crippen molar-refractivity contribution in [1.82, 2.24) is 5.32 Å². The summed E-state index contributed by atoms with van der Waals surface area (Å²) < 4.78 is 13.8. The van der Waals surface area contributed by atoms with Crippen molar-refractivity contribution in [3.8, 4) is 0 Å². The first-order valence-electron chi connectivity index (χ1n) is 6.86. The zero-order valence-corrected chi connectivity index (χ0v) is 12.5. The Morgan fingerprint density at radius 2 is 2.16 bits per heavy atom. The Balaban J connectivity index is 3.11. The summed E-state index contributed by atoms with van der Waals surface area (Å²) >= 11 is 0. The SMILES string of the molecule is C=CCN(C)c1cc(C)c(F)cc1C(C)NCCC. The van der Waals surface area contributed by atoms with E-state index in [1.165, 1.54) is 0 Å². The molecule has 1 N–H and O–H groups in total. The smallest absolute Gasteiger partial charge is 0.126 e. The summed E-state index contributed by atoms with van der Waals surface area (Å²) in [4.78, 5) is 2.10. The first kappa shape index (κ1) is 15.7. The summed E-state index contributed by atoms with van der Waals surface area (Å²) in [5, 5.41) is 3.41.